The summed E-state index contributed by atoms with van der Waals surface area (Å²) in [7, 11) is 0. The summed E-state index contributed by atoms with van der Waals surface area (Å²) in [6.45, 7) is 14.1. The molecule has 0 aromatic rings. The van der Waals surface area contributed by atoms with Crippen LogP contribution in [0.5, 0.6) is 0 Å². The molecule has 0 bridgehead atoms. The first-order valence-corrected chi connectivity index (χ1v) is 5.83. The molecule has 0 heteroatoms. The molecular weight excluding hydrogens is 180 g/mol. The third-order valence-corrected chi connectivity index (χ3v) is 3.46. The monoisotopic (exact) mass is 202 g/mol. The van der Waals surface area contributed by atoms with E-state index in [0.29, 0.717) is 11.8 Å². The third kappa shape index (κ3) is 2.95. The van der Waals surface area contributed by atoms with Gasteiger partial charge >= 0.3 is 0 Å². The van der Waals surface area contributed by atoms with Crippen LogP contribution >= 0.6 is 0 Å². The first kappa shape index (κ1) is 12.0. The van der Waals surface area contributed by atoms with Gasteiger partial charge in [0, 0.05) is 0 Å². The van der Waals surface area contributed by atoms with Crippen molar-refractivity contribution in [3.05, 3.63) is 49.1 Å². The summed E-state index contributed by atoms with van der Waals surface area (Å²) >= 11 is 0. The van der Waals surface area contributed by atoms with Crippen molar-refractivity contribution >= 4 is 0 Å². The Morgan fingerprint density at radius 1 is 1.40 bits per heavy atom. The lowest BCUT2D eigenvalue weighted by atomic mass is 9.75. The normalized spacial score (nSPS) is 24.7. The fourth-order valence-electron chi connectivity index (χ4n) is 2.48. The predicted molar refractivity (Wildman–Crippen MR) is 68.7 cm³/mol. The van der Waals surface area contributed by atoms with Gasteiger partial charge in [0.15, 0.2) is 0 Å². The van der Waals surface area contributed by atoms with Crippen LogP contribution in [0.4, 0.5) is 0 Å². The van der Waals surface area contributed by atoms with E-state index in [4.69, 9.17) is 0 Å². The lowest BCUT2D eigenvalue weighted by Gasteiger charge is -2.30. The van der Waals surface area contributed by atoms with Gasteiger partial charge in [-0.05, 0) is 36.7 Å². The van der Waals surface area contributed by atoms with Gasteiger partial charge in [0.1, 0.15) is 0 Å². The second-order valence-corrected chi connectivity index (χ2v) is 4.41. The summed E-state index contributed by atoms with van der Waals surface area (Å²) in [5.74, 6) is 1.18. The fraction of sp³-hybridized carbons (Fsp3) is 0.467. The number of hydrogen-bond acceptors (Lipinski definition) is 0. The van der Waals surface area contributed by atoms with E-state index in [1.54, 1.807) is 0 Å². The molecule has 1 rings (SSSR count). The average Bonchev–Trinajstić information content (AvgIpc) is 2.25. The maximum atomic E-state index is 4.21. The van der Waals surface area contributed by atoms with Crippen molar-refractivity contribution in [3.63, 3.8) is 0 Å². The van der Waals surface area contributed by atoms with E-state index in [1.165, 1.54) is 36.8 Å². The zero-order valence-corrected chi connectivity index (χ0v) is 9.84. The first-order chi connectivity index (χ1) is 7.20. The molecule has 1 aliphatic carbocycles. The SMILES string of the molecule is C=C/C=C(\C=C)[C@H](C)C1CCCCC1=C. The van der Waals surface area contributed by atoms with Gasteiger partial charge in [0.05, 0.1) is 0 Å². The Kier molecular flexibility index (Phi) is 4.61. The standard InChI is InChI=1S/C15H22/c1-5-9-14(6-2)13(4)15-11-8-7-10-12(15)3/h5-6,9,13,15H,1-3,7-8,10-11H2,4H3/b14-9+/t13-,15?/m0/s1. The van der Waals surface area contributed by atoms with Gasteiger partial charge in [-0.2, -0.15) is 0 Å². The Hall–Kier alpha value is -1.04. The molecular formula is C15H22. The smallest absolute Gasteiger partial charge is 0.0125 e. The minimum atomic E-state index is 0.535. The molecule has 0 aromatic heterocycles. The summed E-state index contributed by atoms with van der Waals surface area (Å²) in [5, 5.41) is 0. The van der Waals surface area contributed by atoms with Crippen molar-refractivity contribution in [1.82, 2.24) is 0 Å². The Morgan fingerprint density at radius 3 is 2.67 bits per heavy atom. The van der Waals surface area contributed by atoms with Gasteiger partial charge in [-0.3, -0.25) is 0 Å². The molecule has 1 unspecified atom stereocenters. The van der Waals surface area contributed by atoms with Gasteiger partial charge in [0.25, 0.3) is 0 Å². The molecule has 0 nitrogen and oxygen atoms in total. The van der Waals surface area contributed by atoms with E-state index in [2.05, 4.69) is 32.7 Å². The van der Waals surface area contributed by atoms with Gasteiger partial charge in [0.2, 0.25) is 0 Å². The van der Waals surface area contributed by atoms with Crippen LogP contribution in [0.3, 0.4) is 0 Å². The van der Waals surface area contributed by atoms with Crippen LogP contribution in [0.15, 0.2) is 49.1 Å². The van der Waals surface area contributed by atoms with E-state index >= 15 is 0 Å². The van der Waals surface area contributed by atoms with Crippen LogP contribution in [0, 0.1) is 11.8 Å². The number of hydrogen-bond donors (Lipinski definition) is 0. The summed E-state index contributed by atoms with van der Waals surface area (Å²) in [5.41, 5.74) is 2.71. The molecule has 0 N–H and O–H groups in total. The second-order valence-electron chi connectivity index (χ2n) is 4.41. The minimum absolute atomic E-state index is 0.535. The van der Waals surface area contributed by atoms with E-state index in [9.17, 15) is 0 Å². The van der Waals surface area contributed by atoms with Crippen molar-refractivity contribution in [2.24, 2.45) is 11.8 Å². The zero-order valence-electron chi connectivity index (χ0n) is 9.84. The average molecular weight is 202 g/mol. The van der Waals surface area contributed by atoms with Crippen molar-refractivity contribution in [2.75, 3.05) is 0 Å². The highest BCUT2D eigenvalue weighted by Crippen LogP contribution is 2.36. The Morgan fingerprint density at radius 2 is 2.13 bits per heavy atom. The Bertz CT molecular complexity index is 280. The van der Waals surface area contributed by atoms with E-state index in [1.807, 2.05) is 12.2 Å². The Labute approximate surface area is 94.1 Å². The van der Waals surface area contributed by atoms with Crippen LogP contribution in [0.25, 0.3) is 0 Å². The maximum Gasteiger partial charge on any atom is -0.0125 e. The highest BCUT2D eigenvalue weighted by Gasteiger charge is 2.24. The molecule has 2 atom stereocenters. The third-order valence-electron chi connectivity index (χ3n) is 3.46. The molecule has 0 aliphatic heterocycles. The molecule has 1 fully saturated rings. The molecule has 15 heavy (non-hydrogen) atoms. The lowest BCUT2D eigenvalue weighted by Crippen LogP contribution is -2.18. The van der Waals surface area contributed by atoms with Crippen LogP contribution in [-0.4, -0.2) is 0 Å². The summed E-state index contributed by atoms with van der Waals surface area (Å²) in [4.78, 5) is 0. The molecule has 1 saturated carbocycles. The van der Waals surface area contributed by atoms with E-state index < -0.39 is 0 Å². The fourth-order valence-corrected chi connectivity index (χ4v) is 2.48. The van der Waals surface area contributed by atoms with Gasteiger partial charge < -0.3 is 0 Å². The van der Waals surface area contributed by atoms with E-state index in [-0.39, 0.29) is 0 Å². The zero-order chi connectivity index (χ0) is 11.3. The summed E-state index contributed by atoms with van der Waals surface area (Å²) in [6.07, 6.45) is 11.0. The van der Waals surface area contributed by atoms with Gasteiger partial charge in [-0.1, -0.05) is 56.9 Å². The lowest BCUT2D eigenvalue weighted by molar-refractivity contribution is 0.376. The second kappa shape index (κ2) is 5.75. The number of rotatable bonds is 4. The van der Waals surface area contributed by atoms with Crippen molar-refractivity contribution in [3.8, 4) is 0 Å². The quantitative estimate of drug-likeness (QED) is 0.459. The molecule has 0 heterocycles. The molecule has 0 aromatic carbocycles. The first-order valence-electron chi connectivity index (χ1n) is 5.83. The Balaban J connectivity index is 2.76. The molecule has 0 radical (unpaired) electrons. The largest absolute Gasteiger partial charge is 0.0996 e. The summed E-state index contributed by atoms with van der Waals surface area (Å²) < 4.78 is 0. The van der Waals surface area contributed by atoms with Crippen molar-refractivity contribution < 1.29 is 0 Å². The summed E-state index contributed by atoms with van der Waals surface area (Å²) in [6, 6.07) is 0. The molecule has 0 amide bonds. The molecule has 0 saturated heterocycles. The molecule has 82 valence electrons. The highest BCUT2D eigenvalue weighted by atomic mass is 14.3. The highest BCUT2D eigenvalue weighted by molar-refractivity contribution is 5.26. The minimum Gasteiger partial charge on any atom is -0.0996 e. The molecule has 0 spiro atoms. The van der Waals surface area contributed by atoms with E-state index in [0.717, 1.165) is 0 Å². The maximum absolute atomic E-state index is 4.21. The van der Waals surface area contributed by atoms with Crippen molar-refractivity contribution in [1.29, 1.82) is 0 Å². The number of allylic oxidation sites excluding steroid dienone is 5. The molecule has 1 aliphatic rings. The van der Waals surface area contributed by atoms with Crippen LogP contribution in [0.2, 0.25) is 0 Å². The van der Waals surface area contributed by atoms with Gasteiger partial charge in [-0.15, -0.1) is 0 Å². The van der Waals surface area contributed by atoms with Crippen LogP contribution in [-0.2, 0) is 0 Å². The van der Waals surface area contributed by atoms with Gasteiger partial charge in [-0.25, -0.2) is 0 Å². The van der Waals surface area contributed by atoms with Crippen LogP contribution < -0.4 is 0 Å². The van der Waals surface area contributed by atoms with Crippen molar-refractivity contribution in [2.45, 2.75) is 32.6 Å². The predicted octanol–water partition coefficient (Wildman–Crippen LogP) is 4.67. The van der Waals surface area contributed by atoms with Crippen LogP contribution in [0.1, 0.15) is 32.6 Å². The topological polar surface area (TPSA) is 0 Å².